The Kier molecular flexibility index (Phi) is 4.12. The second-order valence-electron chi connectivity index (χ2n) is 3.96. The van der Waals surface area contributed by atoms with Crippen molar-refractivity contribution in [2.45, 2.75) is 6.54 Å². The summed E-state index contributed by atoms with van der Waals surface area (Å²) >= 11 is 0. The Labute approximate surface area is 117 Å². The van der Waals surface area contributed by atoms with Gasteiger partial charge in [-0.15, -0.1) is 0 Å². The van der Waals surface area contributed by atoms with Crippen molar-refractivity contribution in [2.24, 2.45) is 0 Å². The highest BCUT2D eigenvalue weighted by atomic mass is 19.2. The van der Waals surface area contributed by atoms with Crippen LogP contribution in [0.2, 0.25) is 0 Å². The molecule has 2 rings (SSSR count). The van der Waals surface area contributed by atoms with Gasteiger partial charge in [0.2, 0.25) is 0 Å². The maximum absolute atomic E-state index is 13.1. The van der Waals surface area contributed by atoms with E-state index in [9.17, 15) is 18.4 Å². The molecule has 2 amide bonds. The first-order chi connectivity index (χ1) is 9.97. The Morgan fingerprint density at radius 2 is 2.00 bits per heavy atom. The summed E-state index contributed by atoms with van der Waals surface area (Å²) in [5.74, 6) is -3.58. The molecule has 1 aromatic heterocycles. The van der Waals surface area contributed by atoms with E-state index in [1.54, 1.807) is 6.20 Å². The highest BCUT2D eigenvalue weighted by Crippen LogP contribution is 2.20. The fraction of sp³-hybridized carbons (Fsp3) is 0.0833. The predicted octanol–water partition coefficient (Wildman–Crippen LogP) is 1.71. The summed E-state index contributed by atoms with van der Waals surface area (Å²) in [4.78, 5) is 29.2. The Morgan fingerprint density at radius 1 is 1.29 bits per heavy atom. The van der Waals surface area contributed by atoms with Crippen molar-refractivity contribution >= 4 is 17.7 Å². The van der Waals surface area contributed by atoms with E-state index in [0.717, 1.165) is 0 Å². The summed E-state index contributed by atoms with van der Waals surface area (Å²) in [7, 11) is 0. The van der Waals surface area contributed by atoms with Crippen LogP contribution in [-0.4, -0.2) is 27.1 Å². The van der Waals surface area contributed by atoms with Crippen molar-refractivity contribution in [1.29, 1.82) is 0 Å². The highest BCUT2D eigenvalue weighted by Gasteiger charge is 2.17. The molecule has 0 fully saturated rings. The van der Waals surface area contributed by atoms with Crippen molar-refractivity contribution < 1.29 is 23.5 Å². The number of H-pyrrole nitrogens is 1. The zero-order valence-electron chi connectivity index (χ0n) is 10.5. The standard InChI is InChI=1S/C12H10F2N4O3/c13-7-3-6(11(19)20)9(4-8(7)14)18-12(21)17-5-10-15-1-2-16-10/h1-4H,5H2,(H,15,16)(H,19,20)(H2,17,18,21). The normalized spacial score (nSPS) is 10.2. The largest absolute Gasteiger partial charge is 0.478 e. The van der Waals surface area contributed by atoms with Gasteiger partial charge in [-0.05, 0) is 6.07 Å². The average Bonchev–Trinajstić information content (AvgIpc) is 2.93. The third-order valence-corrected chi connectivity index (χ3v) is 2.51. The summed E-state index contributed by atoms with van der Waals surface area (Å²) in [5.41, 5.74) is -0.902. The van der Waals surface area contributed by atoms with Crippen LogP contribution in [0.3, 0.4) is 0 Å². The van der Waals surface area contributed by atoms with E-state index in [2.05, 4.69) is 20.6 Å². The molecule has 21 heavy (non-hydrogen) atoms. The minimum absolute atomic E-state index is 0.0604. The Bertz CT molecular complexity index is 673. The minimum Gasteiger partial charge on any atom is -0.478 e. The molecule has 0 atom stereocenters. The second-order valence-corrected chi connectivity index (χ2v) is 3.96. The first-order valence-corrected chi connectivity index (χ1v) is 5.73. The molecule has 1 heterocycles. The van der Waals surface area contributed by atoms with Gasteiger partial charge in [0.05, 0.1) is 17.8 Å². The lowest BCUT2D eigenvalue weighted by Gasteiger charge is -2.10. The highest BCUT2D eigenvalue weighted by molar-refractivity contribution is 6.00. The maximum Gasteiger partial charge on any atom is 0.337 e. The van der Waals surface area contributed by atoms with Crippen LogP contribution < -0.4 is 10.6 Å². The van der Waals surface area contributed by atoms with Crippen molar-refractivity contribution in [3.05, 3.63) is 47.5 Å². The number of carboxylic acids is 1. The smallest absolute Gasteiger partial charge is 0.337 e. The number of nitrogens with zero attached hydrogens (tertiary/aromatic N) is 1. The number of benzene rings is 1. The van der Waals surface area contributed by atoms with Gasteiger partial charge < -0.3 is 20.7 Å². The second kappa shape index (κ2) is 5.99. The lowest BCUT2D eigenvalue weighted by atomic mass is 10.1. The van der Waals surface area contributed by atoms with Gasteiger partial charge in [0, 0.05) is 18.5 Å². The summed E-state index contributed by atoms with van der Waals surface area (Å²) in [6.07, 6.45) is 3.06. The number of halogens is 2. The number of urea groups is 1. The zero-order valence-corrected chi connectivity index (χ0v) is 10.5. The molecule has 0 unspecified atom stereocenters. The summed E-state index contributed by atoms with van der Waals surface area (Å²) < 4.78 is 26.1. The van der Waals surface area contributed by atoms with Crippen molar-refractivity contribution in [1.82, 2.24) is 15.3 Å². The minimum atomic E-state index is -1.49. The number of aromatic amines is 1. The Hall–Kier alpha value is -2.97. The molecule has 110 valence electrons. The quantitative estimate of drug-likeness (QED) is 0.689. The van der Waals surface area contributed by atoms with Gasteiger partial charge in [0.1, 0.15) is 5.82 Å². The lowest BCUT2D eigenvalue weighted by Crippen LogP contribution is -2.29. The first-order valence-electron chi connectivity index (χ1n) is 5.73. The lowest BCUT2D eigenvalue weighted by molar-refractivity contribution is 0.0697. The monoisotopic (exact) mass is 296 g/mol. The number of carboxylic acid groups (broad SMARTS) is 1. The van der Waals surface area contributed by atoms with Gasteiger partial charge in [0.15, 0.2) is 11.6 Å². The summed E-state index contributed by atoms with van der Waals surface area (Å²) in [6.45, 7) is 0.0604. The molecule has 0 spiro atoms. The van der Waals surface area contributed by atoms with Crippen molar-refractivity contribution in [3.8, 4) is 0 Å². The van der Waals surface area contributed by atoms with Crippen LogP contribution in [0.5, 0.6) is 0 Å². The van der Waals surface area contributed by atoms with Gasteiger partial charge in [-0.3, -0.25) is 0 Å². The van der Waals surface area contributed by atoms with Crippen LogP contribution in [0.1, 0.15) is 16.2 Å². The molecule has 0 saturated heterocycles. The molecule has 4 N–H and O–H groups in total. The van der Waals surface area contributed by atoms with Gasteiger partial charge >= 0.3 is 12.0 Å². The number of carbonyl (C=O) groups excluding carboxylic acids is 1. The predicted molar refractivity (Wildman–Crippen MR) is 67.8 cm³/mol. The summed E-state index contributed by atoms with van der Waals surface area (Å²) in [5, 5.41) is 13.4. The number of hydrogen-bond donors (Lipinski definition) is 4. The number of anilines is 1. The zero-order chi connectivity index (χ0) is 15.4. The van der Waals surface area contributed by atoms with Gasteiger partial charge in [-0.1, -0.05) is 0 Å². The van der Waals surface area contributed by atoms with Crippen LogP contribution in [0.25, 0.3) is 0 Å². The SMILES string of the molecule is O=C(NCc1ncc[nH]1)Nc1cc(F)c(F)cc1C(=O)O. The van der Waals surface area contributed by atoms with E-state index < -0.39 is 29.2 Å². The number of carbonyl (C=O) groups is 2. The maximum atomic E-state index is 13.1. The van der Waals surface area contributed by atoms with Crippen LogP contribution in [0.4, 0.5) is 19.3 Å². The molecule has 1 aromatic carbocycles. The van der Waals surface area contributed by atoms with Crippen LogP contribution >= 0.6 is 0 Å². The van der Waals surface area contributed by atoms with E-state index >= 15 is 0 Å². The molecule has 0 aliphatic carbocycles. The number of hydrogen-bond acceptors (Lipinski definition) is 3. The Morgan fingerprint density at radius 3 is 2.62 bits per heavy atom. The summed E-state index contributed by atoms with van der Waals surface area (Å²) in [6, 6.07) is 0.324. The van der Waals surface area contributed by atoms with Crippen LogP contribution in [0.15, 0.2) is 24.5 Å². The molecule has 0 aliphatic rings. The van der Waals surface area contributed by atoms with E-state index in [1.807, 2.05) is 0 Å². The fourth-order valence-corrected chi connectivity index (χ4v) is 1.55. The average molecular weight is 296 g/mol. The number of imidazole rings is 1. The molecule has 9 heteroatoms. The molecular weight excluding hydrogens is 286 g/mol. The van der Waals surface area contributed by atoms with Gasteiger partial charge in [-0.25, -0.2) is 23.4 Å². The molecule has 0 bridgehead atoms. The molecule has 0 radical (unpaired) electrons. The van der Waals surface area contributed by atoms with E-state index in [4.69, 9.17) is 5.11 Å². The molecule has 0 aliphatic heterocycles. The molecular formula is C12H10F2N4O3. The van der Waals surface area contributed by atoms with Crippen LogP contribution in [-0.2, 0) is 6.54 Å². The third-order valence-electron chi connectivity index (χ3n) is 2.51. The third kappa shape index (κ3) is 3.53. The Balaban J connectivity index is 2.09. The number of aromatic nitrogens is 2. The van der Waals surface area contributed by atoms with Gasteiger partial charge in [-0.2, -0.15) is 0 Å². The van der Waals surface area contributed by atoms with E-state index in [1.165, 1.54) is 6.20 Å². The number of nitrogens with one attached hydrogen (secondary N) is 3. The van der Waals surface area contributed by atoms with E-state index in [0.29, 0.717) is 18.0 Å². The number of aromatic carboxylic acids is 1. The van der Waals surface area contributed by atoms with Gasteiger partial charge in [0.25, 0.3) is 0 Å². The fourth-order valence-electron chi connectivity index (χ4n) is 1.55. The number of rotatable bonds is 4. The van der Waals surface area contributed by atoms with Crippen molar-refractivity contribution in [3.63, 3.8) is 0 Å². The number of amides is 2. The molecule has 7 nitrogen and oxygen atoms in total. The molecule has 2 aromatic rings. The van der Waals surface area contributed by atoms with Crippen LogP contribution in [0, 0.1) is 11.6 Å². The molecule has 0 saturated carbocycles. The van der Waals surface area contributed by atoms with Crippen molar-refractivity contribution in [2.75, 3.05) is 5.32 Å². The first kappa shape index (κ1) is 14.4. The van der Waals surface area contributed by atoms with E-state index in [-0.39, 0.29) is 12.2 Å². The topological polar surface area (TPSA) is 107 Å².